The molecule has 1 aromatic carbocycles. The maximum atomic E-state index is 12.6. The first-order valence-corrected chi connectivity index (χ1v) is 9.15. The molecule has 2 heterocycles. The molecule has 0 aliphatic carbocycles. The highest BCUT2D eigenvalue weighted by Gasteiger charge is 2.46. The molecule has 0 atom stereocenters. The molecule has 4 nitrogen and oxygen atoms in total. The van der Waals surface area contributed by atoms with Gasteiger partial charge in [-0.1, -0.05) is 30.3 Å². The van der Waals surface area contributed by atoms with Gasteiger partial charge in [0.05, 0.1) is 0 Å². The van der Waals surface area contributed by atoms with E-state index in [1.54, 1.807) is 0 Å². The fourth-order valence-electron chi connectivity index (χ4n) is 4.03. The van der Waals surface area contributed by atoms with Crippen molar-refractivity contribution in [1.29, 1.82) is 0 Å². The zero-order valence-electron chi connectivity index (χ0n) is 15.3. The van der Waals surface area contributed by atoms with Gasteiger partial charge in [-0.05, 0) is 52.0 Å². The summed E-state index contributed by atoms with van der Waals surface area (Å²) in [6.07, 6.45) is 4.19. The van der Waals surface area contributed by atoms with Gasteiger partial charge in [0.1, 0.15) is 5.60 Å². The molecule has 0 radical (unpaired) electrons. The maximum absolute atomic E-state index is 12.6. The Labute approximate surface area is 145 Å². The topological polar surface area (TPSA) is 32.8 Å². The molecule has 2 aliphatic heterocycles. The number of carbonyl (C=O) groups excluding carboxylic acids is 1. The van der Waals surface area contributed by atoms with E-state index < -0.39 is 5.60 Å². The smallest absolute Gasteiger partial charge is 0.410 e. The fourth-order valence-corrected chi connectivity index (χ4v) is 4.03. The third-order valence-electron chi connectivity index (χ3n) is 5.25. The Morgan fingerprint density at radius 1 is 1.08 bits per heavy atom. The van der Waals surface area contributed by atoms with Gasteiger partial charge in [-0.25, -0.2) is 4.79 Å². The Morgan fingerprint density at radius 2 is 1.75 bits per heavy atom. The molecule has 0 unspecified atom stereocenters. The van der Waals surface area contributed by atoms with Crippen LogP contribution in [-0.2, 0) is 11.3 Å². The molecule has 1 amide bonds. The van der Waals surface area contributed by atoms with E-state index in [-0.39, 0.29) is 11.6 Å². The first-order valence-electron chi connectivity index (χ1n) is 9.15. The molecule has 0 N–H and O–H groups in total. The van der Waals surface area contributed by atoms with E-state index >= 15 is 0 Å². The van der Waals surface area contributed by atoms with Crippen LogP contribution in [0.1, 0.15) is 52.0 Å². The minimum atomic E-state index is -0.422. The van der Waals surface area contributed by atoms with Crippen LogP contribution in [-0.4, -0.2) is 46.7 Å². The zero-order valence-corrected chi connectivity index (χ0v) is 15.3. The number of piperidine rings is 1. The molecule has 132 valence electrons. The second-order valence-corrected chi connectivity index (χ2v) is 8.22. The van der Waals surface area contributed by atoms with Crippen molar-refractivity contribution in [2.24, 2.45) is 0 Å². The van der Waals surface area contributed by atoms with Crippen LogP contribution in [0, 0.1) is 0 Å². The van der Waals surface area contributed by atoms with Crippen molar-refractivity contribution in [3.05, 3.63) is 35.9 Å². The van der Waals surface area contributed by atoms with E-state index in [4.69, 9.17) is 4.74 Å². The van der Waals surface area contributed by atoms with Gasteiger partial charge in [-0.3, -0.25) is 4.90 Å². The highest BCUT2D eigenvalue weighted by Crippen LogP contribution is 2.39. The van der Waals surface area contributed by atoms with Gasteiger partial charge in [0.25, 0.3) is 0 Å². The summed E-state index contributed by atoms with van der Waals surface area (Å²) in [7, 11) is 0. The standard InChI is InChI=1S/C20H30N2O2/c1-19(2,3)24-18(23)22-13-7-10-20(22)11-14-21(15-12-20)16-17-8-5-4-6-9-17/h4-6,8-9H,7,10-16H2,1-3H3. The predicted octanol–water partition coefficient (Wildman–Crippen LogP) is 4.05. The summed E-state index contributed by atoms with van der Waals surface area (Å²) in [5.41, 5.74) is 0.966. The molecule has 3 rings (SSSR count). The summed E-state index contributed by atoms with van der Waals surface area (Å²) in [5, 5.41) is 0. The third kappa shape index (κ3) is 3.92. The average Bonchev–Trinajstić information content (AvgIpc) is 2.93. The third-order valence-corrected chi connectivity index (χ3v) is 5.25. The first-order chi connectivity index (χ1) is 11.4. The van der Waals surface area contributed by atoms with Crippen LogP contribution in [0.3, 0.4) is 0 Å². The molecule has 2 saturated heterocycles. The number of ether oxygens (including phenoxy) is 1. The molecule has 4 heteroatoms. The zero-order chi connectivity index (χ0) is 17.2. The lowest BCUT2D eigenvalue weighted by molar-refractivity contribution is -0.00745. The molecule has 1 aromatic rings. The van der Waals surface area contributed by atoms with E-state index in [0.29, 0.717) is 0 Å². The van der Waals surface area contributed by atoms with E-state index in [9.17, 15) is 4.79 Å². The van der Waals surface area contributed by atoms with Crippen molar-refractivity contribution in [1.82, 2.24) is 9.80 Å². The van der Waals surface area contributed by atoms with E-state index in [2.05, 4.69) is 35.2 Å². The minimum Gasteiger partial charge on any atom is -0.444 e. The van der Waals surface area contributed by atoms with Gasteiger partial charge in [-0.15, -0.1) is 0 Å². The average molecular weight is 330 g/mol. The van der Waals surface area contributed by atoms with Crippen molar-refractivity contribution in [3.63, 3.8) is 0 Å². The summed E-state index contributed by atoms with van der Waals surface area (Å²) >= 11 is 0. The molecular weight excluding hydrogens is 300 g/mol. The molecule has 24 heavy (non-hydrogen) atoms. The van der Waals surface area contributed by atoms with Crippen LogP contribution in [0.2, 0.25) is 0 Å². The fraction of sp³-hybridized carbons (Fsp3) is 0.650. The lowest BCUT2D eigenvalue weighted by atomic mass is 9.85. The Balaban J connectivity index is 1.60. The lowest BCUT2D eigenvalue weighted by Crippen LogP contribution is -2.54. The van der Waals surface area contributed by atoms with E-state index in [1.165, 1.54) is 5.56 Å². The number of rotatable bonds is 2. The van der Waals surface area contributed by atoms with E-state index in [1.807, 2.05) is 25.7 Å². The number of hydrogen-bond donors (Lipinski definition) is 0. The van der Waals surface area contributed by atoms with Crippen LogP contribution < -0.4 is 0 Å². The van der Waals surface area contributed by atoms with Crippen LogP contribution in [0.5, 0.6) is 0 Å². The normalized spacial score (nSPS) is 21.2. The number of carbonyl (C=O) groups is 1. The minimum absolute atomic E-state index is 0.0233. The van der Waals surface area contributed by atoms with Gasteiger partial charge in [0.15, 0.2) is 0 Å². The second-order valence-electron chi connectivity index (χ2n) is 8.22. The molecule has 2 fully saturated rings. The maximum Gasteiger partial charge on any atom is 0.410 e. The summed E-state index contributed by atoms with van der Waals surface area (Å²) in [6.45, 7) is 9.77. The largest absolute Gasteiger partial charge is 0.444 e. The summed E-state index contributed by atoms with van der Waals surface area (Å²) in [4.78, 5) is 17.1. The highest BCUT2D eigenvalue weighted by molar-refractivity contribution is 5.69. The Hall–Kier alpha value is -1.55. The van der Waals surface area contributed by atoms with Crippen molar-refractivity contribution in [2.75, 3.05) is 19.6 Å². The van der Waals surface area contributed by atoms with Crippen molar-refractivity contribution in [2.45, 2.75) is 64.1 Å². The van der Waals surface area contributed by atoms with Gasteiger partial charge >= 0.3 is 6.09 Å². The number of likely N-dealkylation sites (tertiary alicyclic amines) is 2. The Bertz CT molecular complexity index is 557. The van der Waals surface area contributed by atoms with Crippen LogP contribution in [0.15, 0.2) is 30.3 Å². The van der Waals surface area contributed by atoms with Gasteiger partial charge in [-0.2, -0.15) is 0 Å². The van der Waals surface area contributed by atoms with Crippen molar-refractivity contribution in [3.8, 4) is 0 Å². The summed E-state index contributed by atoms with van der Waals surface area (Å²) < 4.78 is 5.65. The molecule has 1 spiro atoms. The van der Waals surface area contributed by atoms with Crippen molar-refractivity contribution >= 4 is 6.09 Å². The van der Waals surface area contributed by atoms with Gasteiger partial charge < -0.3 is 9.64 Å². The Morgan fingerprint density at radius 3 is 2.38 bits per heavy atom. The van der Waals surface area contributed by atoms with Crippen LogP contribution >= 0.6 is 0 Å². The first kappa shape index (κ1) is 17.3. The number of amides is 1. The second kappa shape index (κ2) is 6.75. The molecular formula is C20H30N2O2. The Kier molecular flexibility index (Phi) is 4.86. The van der Waals surface area contributed by atoms with Crippen LogP contribution in [0.4, 0.5) is 4.79 Å². The van der Waals surface area contributed by atoms with E-state index in [0.717, 1.165) is 51.9 Å². The molecule has 0 saturated carbocycles. The van der Waals surface area contributed by atoms with Crippen LogP contribution in [0.25, 0.3) is 0 Å². The number of nitrogens with zero attached hydrogens (tertiary/aromatic N) is 2. The molecule has 0 aromatic heterocycles. The van der Waals surface area contributed by atoms with Crippen molar-refractivity contribution < 1.29 is 9.53 Å². The highest BCUT2D eigenvalue weighted by atomic mass is 16.6. The van der Waals surface area contributed by atoms with Gasteiger partial charge in [0.2, 0.25) is 0 Å². The SMILES string of the molecule is CC(C)(C)OC(=O)N1CCCC12CCN(Cc1ccccc1)CC2. The molecule has 0 bridgehead atoms. The summed E-state index contributed by atoms with van der Waals surface area (Å²) in [5.74, 6) is 0. The quantitative estimate of drug-likeness (QED) is 0.820. The molecule has 2 aliphatic rings. The monoisotopic (exact) mass is 330 g/mol. The predicted molar refractivity (Wildman–Crippen MR) is 95.9 cm³/mol. The van der Waals surface area contributed by atoms with Gasteiger partial charge in [0, 0.05) is 31.7 Å². The lowest BCUT2D eigenvalue weighted by Gasteiger charge is -2.45. The number of hydrogen-bond acceptors (Lipinski definition) is 3. The number of benzene rings is 1. The summed E-state index contributed by atoms with van der Waals surface area (Å²) in [6, 6.07) is 10.6.